The summed E-state index contributed by atoms with van der Waals surface area (Å²) < 4.78 is 36.0. The van der Waals surface area contributed by atoms with Crippen molar-refractivity contribution in [3.8, 4) is 0 Å². The summed E-state index contributed by atoms with van der Waals surface area (Å²) in [6, 6.07) is 1.03. The predicted octanol–water partition coefficient (Wildman–Crippen LogP) is 0.486. The van der Waals surface area contributed by atoms with Crippen molar-refractivity contribution in [1.82, 2.24) is 4.31 Å². The van der Waals surface area contributed by atoms with Crippen molar-refractivity contribution in [1.29, 1.82) is 0 Å². The highest BCUT2D eigenvalue weighted by Gasteiger charge is 2.33. The van der Waals surface area contributed by atoms with Gasteiger partial charge in [0.25, 0.3) is 10.0 Å². The maximum absolute atomic E-state index is 12.4. The Morgan fingerprint density at radius 1 is 1.55 bits per heavy atom. The van der Waals surface area contributed by atoms with Gasteiger partial charge in [-0.3, -0.25) is 0 Å². The third kappa shape index (κ3) is 2.72. The van der Waals surface area contributed by atoms with E-state index in [2.05, 4.69) is 4.74 Å². The molecule has 1 aromatic rings. The summed E-state index contributed by atoms with van der Waals surface area (Å²) in [7, 11) is -2.53. The molecule has 0 spiro atoms. The molecule has 2 N–H and O–H groups in total. The second kappa shape index (κ2) is 5.55. The molecule has 8 heteroatoms. The summed E-state index contributed by atoms with van der Waals surface area (Å²) in [6.07, 6.45) is 1.51. The highest BCUT2D eigenvalue weighted by molar-refractivity contribution is 7.89. The second-order valence-corrected chi connectivity index (χ2v) is 6.66. The summed E-state index contributed by atoms with van der Waals surface area (Å²) in [5.41, 5.74) is 5.91. The van der Waals surface area contributed by atoms with Crippen molar-refractivity contribution in [2.45, 2.75) is 30.9 Å². The van der Waals surface area contributed by atoms with E-state index < -0.39 is 16.0 Å². The van der Waals surface area contributed by atoms with Crippen molar-refractivity contribution >= 4 is 16.0 Å². The number of ether oxygens (including phenoxy) is 1. The minimum absolute atomic E-state index is 0.118. The van der Waals surface area contributed by atoms with Gasteiger partial charge < -0.3 is 14.9 Å². The molecule has 1 unspecified atom stereocenters. The molecule has 2 heterocycles. The zero-order valence-electron chi connectivity index (χ0n) is 11.5. The zero-order valence-corrected chi connectivity index (χ0v) is 12.3. The van der Waals surface area contributed by atoms with Gasteiger partial charge >= 0.3 is 5.97 Å². The lowest BCUT2D eigenvalue weighted by Gasteiger charge is -2.28. The van der Waals surface area contributed by atoms with E-state index in [1.165, 1.54) is 24.4 Å². The number of methoxy groups -OCH3 is 1. The Balaban J connectivity index is 2.32. The fourth-order valence-electron chi connectivity index (χ4n) is 2.21. The van der Waals surface area contributed by atoms with E-state index in [1.807, 2.05) is 0 Å². The highest BCUT2D eigenvalue weighted by atomic mass is 32.2. The molecular formula is C12H18N2O5S. The third-order valence-electron chi connectivity index (χ3n) is 3.32. The van der Waals surface area contributed by atoms with Gasteiger partial charge in [0, 0.05) is 25.2 Å². The van der Waals surface area contributed by atoms with Gasteiger partial charge in [-0.25, -0.2) is 13.2 Å². The minimum Gasteiger partial charge on any atom is -0.465 e. The van der Waals surface area contributed by atoms with Gasteiger partial charge in [-0.05, 0) is 19.8 Å². The molecule has 1 aromatic heterocycles. The molecule has 1 aliphatic rings. The Hall–Kier alpha value is -1.38. The molecule has 0 aromatic carbocycles. The molecule has 20 heavy (non-hydrogen) atoms. The lowest BCUT2D eigenvalue weighted by atomic mass is 10.1. The topological polar surface area (TPSA) is 103 Å². The molecule has 1 atom stereocenters. The molecule has 0 radical (unpaired) electrons. The number of hydrogen-bond acceptors (Lipinski definition) is 6. The number of carbonyl (C=O) groups is 1. The first-order valence-corrected chi connectivity index (χ1v) is 7.74. The number of aryl methyl sites for hydroxylation is 1. The van der Waals surface area contributed by atoms with Crippen molar-refractivity contribution < 1.29 is 22.4 Å². The monoisotopic (exact) mass is 302 g/mol. The number of hydrogen-bond donors (Lipinski definition) is 1. The number of nitrogens with zero attached hydrogens (tertiary/aromatic N) is 1. The normalized spacial score (nSPS) is 20.9. The Bertz CT molecular complexity index is 607. The van der Waals surface area contributed by atoms with Crippen molar-refractivity contribution in [3.63, 3.8) is 0 Å². The molecule has 1 saturated heterocycles. The first-order chi connectivity index (χ1) is 9.36. The van der Waals surface area contributed by atoms with Gasteiger partial charge in [0.05, 0.1) is 7.11 Å². The largest absolute Gasteiger partial charge is 0.465 e. The standard InChI is InChI=1S/C12H18N2O5S/c1-8-10(12(15)18-2)6-11(19-8)20(16,17)14-5-3-4-9(13)7-14/h6,9H,3-5,7,13H2,1-2H3. The molecule has 112 valence electrons. The first-order valence-electron chi connectivity index (χ1n) is 6.30. The van der Waals surface area contributed by atoms with E-state index >= 15 is 0 Å². The Morgan fingerprint density at radius 2 is 2.25 bits per heavy atom. The summed E-state index contributed by atoms with van der Waals surface area (Å²) in [5.74, 6) is -0.403. The number of sulfonamides is 1. The quantitative estimate of drug-likeness (QED) is 0.815. The maximum Gasteiger partial charge on any atom is 0.341 e. The van der Waals surface area contributed by atoms with Gasteiger partial charge in [0.15, 0.2) is 0 Å². The van der Waals surface area contributed by atoms with Crippen molar-refractivity contribution in [3.05, 3.63) is 17.4 Å². The van der Waals surface area contributed by atoms with E-state index in [9.17, 15) is 13.2 Å². The van der Waals surface area contributed by atoms with Crippen LogP contribution in [0.15, 0.2) is 15.6 Å². The van der Waals surface area contributed by atoms with Gasteiger partial charge in [0.1, 0.15) is 11.3 Å². The van der Waals surface area contributed by atoms with Crippen LogP contribution in [0.3, 0.4) is 0 Å². The average Bonchev–Trinajstić information content (AvgIpc) is 2.80. The third-order valence-corrected chi connectivity index (χ3v) is 5.04. The second-order valence-electron chi connectivity index (χ2n) is 4.79. The molecule has 7 nitrogen and oxygen atoms in total. The van der Waals surface area contributed by atoms with Gasteiger partial charge in [-0.2, -0.15) is 4.31 Å². The first kappa shape index (κ1) is 15.0. The number of furan rings is 1. The number of piperidine rings is 1. The molecule has 0 saturated carbocycles. The number of nitrogens with two attached hydrogens (primary N) is 1. The van der Waals surface area contributed by atoms with Crippen LogP contribution in [0.2, 0.25) is 0 Å². The molecule has 0 bridgehead atoms. The Morgan fingerprint density at radius 3 is 2.85 bits per heavy atom. The molecule has 1 fully saturated rings. The summed E-state index contributed by atoms with van der Waals surface area (Å²) in [4.78, 5) is 11.5. The average molecular weight is 302 g/mol. The van der Waals surface area contributed by atoms with E-state index in [4.69, 9.17) is 10.2 Å². The summed E-state index contributed by atoms with van der Waals surface area (Å²) >= 11 is 0. The molecule has 0 aliphatic carbocycles. The fraction of sp³-hybridized carbons (Fsp3) is 0.583. The summed E-state index contributed by atoms with van der Waals surface area (Å²) in [6.45, 7) is 2.19. The van der Waals surface area contributed by atoms with Crippen molar-refractivity contribution in [2.24, 2.45) is 5.73 Å². The van der Waals surface area contributed by atoms with Gasteiger partial charge in [-0.15, -0.1) is 0 Å². The molecule has 1 aliphatic heterocycles. The molecular weight excluding hydrogens is 284 g/mol. The van der Waals surface area contributed by atoms with E-state index in [0.29, 0.717) is 13.0 Å². The van der Waals surface area contributed by atoms with Crippen LogP contribution in [0, 0.1) is 6.92 Å². The number of esters is 1. The zero-order chi connectivity index (χ0) is 14.9. The van der Waals surface area contributed by atoms with Crippen LogP contribution in [0.25, 0.3) is 0 Å². The smallest absolute Gasteiger partial charge is 0.341 e. The number of rotatable bonds is 3. The Kier molecular flexibility index (Phi) is 4.17. The lowest BCUT2D eigenvalue weighted by molar-refractivity contribution is 0.0599. The predicted molar refractivity (Wildman–Crippen MR) is 70.8 cm³/mol. The van der Waals surface area contributed by atoms with Crippen molar-refractivity contribution in [2.75, 3.05) is 20.2 Å². The van der Waals surface area contributed by atoms with Crippen LogP contribution in [0.4, 0.5) is 0 Å². The summed E-state index contributed by atoms with van der Waals surface area (Å²) in [5, 5.41) is -0.246. The van der Waals surface area contributed by atoms with E-state index in [0.717, 1.165) is 6.42 Å². The number of carbonyl (C=O) groups excluding carboxylic acids is 1. The molecule has 0 amide bonds. The van der Waals surface area contributed by atoms with Crippen LogP contribution in [-0.2, 0) is 14.8 Å². The molecule has 2 rings (SSSR count). The van der Waals surface area contributed by atoms with Gasteiger partial charge in [-0.1, -0.05) is 0 Å². The lowest BCUT2D eigenvalue weighted by Crippen LogP contribution is -2.45. The van der Waals surface area contributed by atoms with Crippen LogP contribution < -0.4 is 5.73 Å². The maximum atomic E-state index is 12.4. The van der Waals surface area contributed by atoms with Gasteiger partial charge in [0.2, 0.25) is 5.09 Å². The highest BCUT2D eigenvalue weighted by Crippen LogP contribution is 2.25. The van der Waals surface area contributed by atoms with Crippen LogP contribution in [0.1, 0.15) is 29.0 Å². The SMILES string of the molecule is COC(=O)c1cc(S(=O)(=O)N2CCCC(N)C2)oc1C. The van der Waals surface area contributed by atoms with E-state index in [1.54, 1.807) is 0 Å². The fourth-order valence-corrected chi connectivity index (χ4v) is 3.72. The van der Waals surface area contributed by atoms with Crippen LogP contribution in [0.5, 0.6) is 0 Å². The Labute approximate surface area is 117 Å². The van der Waals surface area contributed by atoms with Crippen LogP contribution >= 0.6 is 0 Å². The van der Waals surface area contributed by atoms with E-state index in [-0.39, 0.29) is 29.0 Å². The van der Waals surface area contributed by atoms with Crippen LogP contribution in [-0.4, -0.2) is 44.9 Å². The minimum atomic E-state index is -3.76.